The molecule has 0 bridgehead atoms. The third-order valence-corrected chi connectivity index (χ3v) is 4.68. The lowest BCUT2D eigenvalue weighted by molar-refractivity contribution is 0.674. The molecule has 0 amide bonds. The maximum Gasteiger partial charge on any atom is 0.208 e. The summed E-state index contributed by atoms with van der Waals surface area (Å²) in [7, 11) is 3.91. The summed E-state index contributed by atoms with van der Waals surface area (Å²) in [5.41, 5.74) is 6.87. The normalized spacial score (nSPS) is 12.4. The summed E-state index contributed by atoms with van der Waals surface area (Å²) in [6, 6.07) is 4.02. The fourth-order valence-electron chi connectivity index (χ4n) is 1.41. The van der Waals surface area contributed by atoms with Crippen LogP contribution in [0, 0.1) is 0 Å². The summed E-state index contributed by atoms with van der Waals surface area (Å²) in [6.45, 7) is 2.05. The summed E-state index contributed by atoms with van der Waals surface area (Å²) >= 11 is 3.13. The molecule has 0 aromatic carbocycles. The number of hydrogen-bond acceptors (Lipinski definition) is 7. The summed E-state index contributed by atoms with van der Waals surface area (Å²) in [5, 5.41) is 9.15. The van der Waals surface area contributed by atoms with Gasteiger partial charge in [-0.25, -0.2) is 0 Å². The van der Waals surface area contributed by atoms with Gasteiger partial charge in [0.2, 0.25) is 5.13 Å². The van der Waals surface area contributed by atoms with E-state index < -0.39 is 0 Å². The van der Waals surface area contributed by atoms with Crippen molar-refractivity contribution in [2.24, 2.45) is 5.73 Å². The van der Waals surface area contributed by atoms with E-state index in [4.69, 9.17) is 5.73 Å². The number of nitrogens with zero attached hydrogens (tertiary/aromatic N) is 4. The van der Waals surface area contributed by atoms with Crippen molar-refractivity contribution in [3.63, 3.8) is 0 Å². The van der Waals surface area contributed by atoms with Gasteiger partial charge in [-0.2, -0.15) is 0 Å². The molecule has 7 heteroatoms. The molecule has 2 rings (SSSR count). The van der Waals surface area contributed by atoms with Gasteiger partial charge in [-0.15, -0.1) is 10.2 Å². The summed E-state index contributed by atoms with van der Waals surface area (Å²) < 4.78 is 0.915. The van der Waals surface area contributed by atoms with Crippen LogP contribution in [0.2, 0.25) is 0 Å². The number of hydrogen-bond donors (Lipinski definition) is 1. The molecular formula is C12H17N5S2. The summed E-state index contributed by atoms with van der Waals surface area (Å²) in [5.74, 6) is 0. The van der Waals surface area contributed by atoms with Crippen LogP contribution in [-0.2, 0) is 0 Å². The van der Waals surface area contributed by atoms with Gasteiger partial charge in [-0.3, -0.25) is 4.98 Å². The van der Waals surface area contributed by atoms with Crippen LogP contribution in [0.25, 0.3) is 0 Å². The number of aromatic nitrogens is 3. The van der Waals surface area contributed by atoms with Gasteiger partial charge in [-0.1, -0.05) is 30.0 Å². The first-order valence-corrected chi connectivity index (χ1v) is 7.63. The molecule has 0 aliphatic heterocycles. The minimum absolute atomic E-state index is 0.0147. The molecule has 102 valence electrons. The predicted molar refractivity (Wildman–Crippen MR) is 79.8 cm³/mol. The minimum Gasteiger partial charge on any atom is -0.353 e. The minimum atomic E-state index is 0.0147. The smallest absolute Gasteiger partial charge is 0.208 e. The number of rotatable bonds is 5. The van der Waals surface area contributed by atoms with Crippen LogP contribution < -0.4 is 10.6 Å². The first-order chi connectivity index (χ1) is 9.10. The topological polar surface area (TPSA) is 67.9 Å². The molecule has 0 spiro atoms. The molecule has 0 aliphatic rings. The Hall–Kier alpha value is -1.18. The maximum absolute atomic E-state index is 5.94. The van der Waals surface area contributed by atoms with Crippen molar-refractivity contribution >= 4 is 28.2 Å². The zero-order chi connectivity index (χ0) is 13.8. The van der Waals surface area contributed by atoms with Crippen molar-refractivity contribution in [2.75, 3.05) is 19.0 Å². The van der Waals surface area contributed by atoms with E-state index in [1.54, 1.807) is 23.1 Å². The lowest BCUT2D eigenvalue weighted by Crippen LogP contribution is -2.10. The highest BCUT2D eigenvalue weighted by atomic mass is 32.2. The molecule has 0 saturated heterocycles. The Balaban J connectivity index is 2.06. The maximum atomic E-state index is 5.94. The second-order valence-electron chi connectivity index (χ2n) is 4.28. The van der Waals surface area contributed by atoms with Crippen LogP contribution >= 0.6 is 23.1 Å². The van der Waals surface area contributed by atoms with Crippen LogP contribution in [0.15, 0.2) is 27.6 Å². The third-order valence-electron chi connectivity index (χ3n) is 2.56. The monoisotopic (exact) mass is 295 g/mol. The molecular weight excluding hydrogens is 278 g/mol. The van der Waals surface area contributed by atoms with E-state index in [-0.39, 0.29) is 6.04 Å². The van der Waals surface area contributed by atoms with Gasteiger partial charge in [0, 0.05) is 31.2 Å². The lowest BCUT2D eigenvalue weighted by Gasteiger charge is -2.07. The van der Waals surface area contributed by atoms with E-state index in [2.05, 4.69) is 22.1 Å². The molecule has 2 aromatic heterocycles. The number of anilines is 1. The Kier molecular flexibility index (Phi) is 4.73. The average Bonchev–Trinajstić information content (AvgIpc) is 2.87. The number of nitrogens with two attached hydrogens (primary N) is 1. The molecule has 5 nitrogen and oxygen atoms in total. The van der Waals surface area contributed by atoms with Gasteiger partial charge >= 0.3 is 0 Å². The highest BCUT2D eigenvalue weighted by molar-refractivity contribution is 8.01. The fourth-order valence-corrected chi connectivity index (χ4v) is 3.11. The second kappa shape index (κ2) is 6.31. The van der Waals surface area contributed by atoms with E-state index in [1.807, 2.05) is 37.3 Å². The second-order valence-corrected chi connectivity index (χ2v) is 6.56. The average molecular weight is 295 g/mol. The molecule has 0 fully saturated rings. The van der Waals surface area contributed by atoms with E-state index >= 15 is 0 Å². The Labute approximate surface area is 121 Å². The molecule has 2 heterocycles. The van der Waals surface area contributed by atoms with Gasteiger partial charge in [0.25, 0.3) is 0 Å². The van der Waals surface area contributed by atoms with Crippen molar-refractivity contribution in [1.82, 2.24) is 15.2 Å². The Morgan fingerprint density at radius 3 is 2.68 bits per heavy atom. The van der Waals surface area contributed by atoms with Gasteiger partial charge in [0.15, 0.2) is 4.34 Å². The Morgan fingerprint density at radius 1 is 1.37 bits per heavy atom. The standard InChI is InChI=1S/C12H17N5S2/c1-4-9(13)10-6-5-8(7-14-10)18-12-16-15-11(19-12)17(2)3/h5-7,9H,4,13H2,1-3H3. The third kappa shape index (κ3) is 3.65. The van der Waals surface area contributed by atoms with Crippen LogP contribution in [0.3, 0.4) is 0 Å². The van der Waals surface area contributed by atoms with Gasteiger partial charge in [0.1, 0.15) is 0 Å². The van der Waals surface area contributed by atoms with Gasteiger partial charge < -0.3 is 10.6 Å². The highest BCUT2D eigenvalue weighted by Crippen LogP contribution is 2.32. The zero-order valence-electron chi connectivity index (χ0n) is 11.2. The quantitative estimate of drug-likeness (QED) is 0.914. The molecule has 2 N–H and O–H groups in total. The van der Waals surface area contributed by atoms with Crippen LogP contribution in [0.1, 0.15) is 25.1 Å². The fraction of sp³-hybridized carbons (Fsp3) is 0.417. The zero-order valence-corrected chi connectivity index (χ0v) is 12.8. The van der Waals surface area contributed by atoms with Crippen LogP contribution in [0.5, 0.6) is 0 Å². The van der Waals surface area contributed by atoms with Crippen molar-refractivity contribution < 1.29 is 0 Å². The largest absolute Gasteiger partial charge is 0.353 e. The van der Waals surface area contributed by atoms with E-state index in [1.165, 1.54) is 0 Å². The Bertz CT molecular complexity index is 523. The number of pyridine rings is 1. The van der Waals surface area contributed by atoms with E-state index in [9.17, 15) is 0 Å². The summed E-state index contributed by atoms with van der Waals surface area (Å²) in [6.07, 6.45) is 2.73. The first-order valence-electron chi connectivity index (χ1n) is 6.00. The molecule has 0 saturated carbocycles. The Morgan fingerprint density at radius 2 is 2.16 bits per heavy atom. The van der Waals surface area contributed by atoms with E-state index in [0.717, 1.165) is 26.5 Å². The van der Waals surface area contributed by atoms with Crippen LogP contribution in [-0.4, -0.2) is 29.3 Å². The van der Waals surface area contributed by atoms with Gasteiger partial charge in [-0.05, 0) is 18.6 Å². The molecule has 0 radical (unpaired) electrons. The lowest BCUT2D eigenvalue weighted by atomic mass is 10.1. The van der Waals surface area contributed by atoms with Crippen molar-refractivity contribution in [2.45, 2.75) is 28.6 Å². The van der Waals surface area contributed by atoms with Crippen molar-refractivity contribution in [1.29, 1.82) is 0 Å². The highest BCUT2D eigenvalue weighted by Gasteiger charge is 2.09. The molecule has 1 unspecified atom stereocenters. The SMILES string of the molecule is CCC(N)c1ccc(Sc2nnc(N(C)C)s2)cn1. The van der Waals surface area contributed by atoms with Crippen molar-refractivity contribution in [3.8, 4) is 0 Å². The predicted octanol–water partition coefficient (Wildman–Crippen LogP) is 2.56. The summed E-state index contributed by atoms with van der Waals surface area (Å²) in [4.78, 5) is 7.39. The van der Waals surface area contributed by atoms with Crippen molar-refractivity contribution in [3.05, 3.63) is 24.0 Å². The van der Waals surface area contributed by atoms with E-state index in [0.29, 0.717) is 0 Å². The van der Waals surface area contributed by atoms with Gasteiger partial charge in [0.05, 0.1) is 5.69 Å². The molecule has 1 atom stereocenters. The molecule has 19 heavy (non-hydrogen) atoms. The molecule has 0 aliphatic carbocycles. The van der Waals surface area contributed by atoms with Crippen LogP contribution in [0.4, 0.5) is 5.13 Å². The molecule has 2 aromatic rings. The first kappa shape index (κ1) is 14.2.